The van der Waals surface area contributed by atoms with Gasteiger partial charge in [-0.1, -0.05) is 46.3 Å². The number of rotatable bonds is 1. The number of epoxide rings is 1. The summed E-state index contributed by atoms with van der Waals surface area (Å²) in [6.45, 7) is 16.0. The predicted octanol–water partition coefficient (Wildman–Crippen LogP) is 3.75. The van der Waals surface area contributed by atoms with Crippen molar-refractivity contribution < 1.29 is 59.1 Å². The summed E-state index contributed by atoms with van der Waals surface area (Å²) in [5, 5.41) is 71.7. The molecule has 22 atom stereocenters. The Morgan fingerprint density at radius 2 is 1.49 bits per heavy atom. The maximum absolute atomic E-state index is 15.1. The van der Waals surface area contributed by atoms with Gasteiger partial charge in [0, 0.05) is 41.9 Å². The smallest absolute Gasteiger partial charge is 0.201 e. The summed E-state index contributed by atoms with van der Waals surface area (Å²) in [6.07, 6.45) is 7.77. The number of carbonyl (C=O) groups is 1. The quantitative estimate of drug-likeness (QED) is 0.175. The summed E-state index contributed by atoms with van der Waals surface area (Å²) in [5.41, 5.74) is -2.42. The second-order valence-electron chi connectivity index (χ2n) is 26.5. The summed E-state index contributed by atoms with van der Waals surface area (Å²) in [6, 6.07) is 0. The Hall–Kier alpha value is -2.21. The van der Waals surface area contributed by atoms with Crippen LogP contribution in [0.3, 0.4) is 0 Å². The molecule has 8 aliphatic carbocycles. The van der Waals surface area contributed by atoms with Crippen molar-refractivity contribution >= 4 is 5.78 Å². The van der Waals surface area contributed by atoms with Gasteiger partial charge in [0.25, 0.3) is 0 Å². The summed E-state index contributed by atoms with van der Waals surface area (Å²) in [4.78, 5) is 26.1. The summed E-state index contributed by atoms with van der Waals surface area (Å²) in [5.74, 6) is -3.13. The van der Waals surface area contributed by atoms with E-state index in [1.54, 1.807) is 13.0 Å². The van der Waals surface area contributed by atoms with Crippen molar-refractivity contribution in [3.05, 3.63) is 46.1 Å². The standard InChI is InChI=1S/C54H72N2O12/c1-25-30-16-43-54(66-43)49(30,24-64-52(25)40(60)21-44(3,4)67-52)39(59)18-37-47(7)20-36-34(14-28(47)11-12-50(37,54)62)55-35-19-46(6)27(13-33(35)56-36)9-10-29-31(46)15-38(58)48(8)32(29)17-42-51(48,63)26(2)53(65-42)41(61)22-45(5,23-57)68-53/h17-18,25-31,38,40-43,57-58,60-63H,9-16,19-24H2,1-8H3/t25-,26+,27+,28+,29-,30-,31+,38-,40-,41-,42+,43+,45+,46+,47+,48-,49+,50+,51-,52+,53+,54+/m1/s1. The summed E-state index contributed by atoms with van der Waals surface area (Å²) < 4.78 is 32.9. The van der Waals surface area contributed by atoms with Crippen molar-refractivity contribution in [2.45, 2.75) is 203 Å². The number of aliphatic hydroxyl groups excluding tert-OH is 4. The van der Waals surface area contributed by atoms with Crippen LogP contribution in [0.4, 0.5) is 0 Å². The average Bonchev–Trinajstić information content (AvgIpc) is 3.48. The SMILES string of the molecule is C[C@@H]1[C@H]2C[C@@H]3O[C@@]34[C@]3(O)CC[C@H]5Cc6nc7c(nc6C[C@]5(C)C3=CC(=O)[C@]24CO[C@]12OC(C)(C)C[C@H]2O)C[C@@H]1CC[C@H]2C3=C[C@@H]4O[C@]5(O[C@](C)(CO)C[C@H]5O)[C@@H](C)[C@]4(O)[C@@]3(C)[C@H](O)C[C@@H]2[C@@]1(C)C7. The number of hydrogen-bond acceptors (Lipinski definition) is 14. The van der Waals surface area contributed by atoms with Gasteiger partial charge < -0.3 is 54.3 Å². The molecular weight excluding hydrogens is 869 g/mol. The second-order valence-corrected chi connectivity index (χ2v) is 26.5. The van der Waals surface area contributed by atoms with Gasteiger partial charge in [0.2, 0.25) is 5.79 Å². The van der Waals surface area contributed by atoms with E-state index >= 15 is 4.79 Å². The van der Waals surface area contributed by atoms with Crippen LogP contribution in [0.2, 0.25) is 0 Å². The van der Waals surface area contributed by atoms with Crippen LogP contribution in [0.5, 0.6) is 0 Å². The van der Waals surface area contributed by atoms with E-state index in [2.05, 4.69) is 19.9 Å². The molecule has 13 aliphatic rings. The van der Waals surface area contributed by atoms with E-state index < -0.39 is 86.2 Å². The van der Waals surface area contributed by atoms with E-state index in [-0.39, 0.29) is 66.5 Å². The molecule has 370 valence electrons. The number of ether oxygens (including phenoxy) is 5. The van der Waals surface area contributed by atoms with Gasteiger partial charge in [-0.15, -0.1) is 0 Å². The molecule has 68 heavy (non-hydrogen) atoms. The zero-order valence-corrected chi connectivity index (χ0v) is 41.0. The van der Waals surface area contributed by atoms with Gasteiger partial charge in [-0.3, -0.25) is 14.8 Å². The van der Waals surface area contributed by atoms with E-state index in [0.29, 0.717) is 44.4 Å². The van der Waals surface area contributed by atoms with Crippen LogP contribution < -0.4 is 0 Å². The number of hydrogen-bond donors (Lipinski definition) is 6. The average molecular weight is 941 g/mol. The number of aromatic nitrogens is 2. The molecule has 14 nitrogen and oxygen atoms in total. The molecule has 4 saturated carbocycles. The Morgan fingerprint density at radius 3 is 2.18 bits per heavy atom. The molecule has 4 spiro atoms. The second kappa shape index (κ2) is 12.8. The first-order valence-corrected chi connectivity index (χ1v) is 26.2. The van der Waals surface area contributed by atoms with Crippen molar-refractivity contribution in [2.24, 2.45) is 63.1 Å². The van der Waals surface area contributed by atoms with Gasteiger partial charge in [0.1, 0.15) is 35.1 Å². The molecule has 0 amide bonds. The number of fused-ring (bicyclic) bond motifs is 12. The van der Waals surface area contributed by atoms with Gasteiger partial charge in [0.15, 0.2) is 11.6 Å². The number of carbonyl (C=O) groups excluding carboxylic acids is 1. The van der Waals surface area contributed by atoms with Crippen LogP contribution in [-0.4, -0.2) is 130 Å². The van der Waals surface area contributed by atoms with Crippen LogP contribution in [0.25, 0.3) is 0 Å². The fraction of sp³-hybridized carbons (Fsp3) is 0.833. The fourth-order valence-electron chi connectivity index (χ4n) is 19.8. The highest BCUT2D eigenvalue weighted by Crippen LogP contribution is 2.79. The first-order chi connectivity index (χ1) is 31.9. The Labute approximate surface area is 398 Å². The molecule has 0 unspecified atom stereocenters. The van der Waals surface area contributed by atoms with Crippen LogP contribution in [0.1, 0.15) is 130 Å². The molecule has 14 heteroatoms. The zero-order chi connectivity index (χ0) is 47.7. The molecule has 6 N–H and O–H groups in total. The van der Waals surface area contributed by atoms with Gasteiger partial charge in [-0.2, -0.15) is 0 Å². The van der Waals surface area contributed by atoms with E-state index in [1.165, 1.54) is 0 Å². The third-order valence-corrected chi connectivity index (χ3v) is 23.4. The van der Waals surface area contributed by atoms with E-state index in [4.69, 9.17) is 33.7 Å². The lowest BCUT2D eigenvalue weighted by molar-refractivity contribution is -0.347. The van der Waals surface area contributed by atoms with Crippen LogP contribution in [-0.2, 0) is 54.2 Å². The summed E-state index contributed by atoms with van der Waals surface area (Å²) >= 11 is 0. The number of ketones is 1. The number of aliphatic hydroxyl groups is 6. The molecular formula is C54H72N2O12. The highest BCUT2D eigenvalue weighted by atomic mass is 16.7. The van der Waals surface area contributed by atoms with Crippen molar-refractivity contribution in [3.63, 3.8) is 0 Å². The zero-order valence-electron chi connectivity index (χ0n) is 41.0. The lowest BCUT2D eigenvalue weighted by Gasteiger charge is -2.62. The van der Waals surface area contributed by atoms with E-state index in [1.807, 2.05) is 34.6 Å². The Bertz CT molecular complexity index is 2550. The maximum Gasteiger partial charge on any atom is 0.201 e. The molecule has 1 aromatic heterocycles. The van der Waals surface area contributed by atoms with Crippen molar-refractivity contribution in [2.75, 3.05) is 13.2 Å². The van der Waals surface area contributed by atoms with Crippen LogP contribution in [0, 0.1) is 63.1 Å². The molecule has 9 fully saturated rings. The molecule has 0 aromatic carbocycles. The van der Waals surface area contributed by atoms with Gasteiger partial charge >= 0.3 is 0 Å². The monoisotopic (exact) mass is 941 g/mol. The Morgan fingerprint density at radius 1 is 0.779 bits per heavy atom. The Balaban J connectivity index is 0.757. The first kappa shape index (κ1) is 44.5. The number of allylic oxidation sites excluding steroid dienone is 1. The number of nitrogens with zero attached hydrogens (tertiary/aromatic N) is 2. The molecule has 0 bridgehead atoms. The minimum atomic E-state index is -1.52. The fourth-order valence-corrected chi connectivity index (χ4v) is 19.8. The normalized spacial score (nSPS) is 59.2. The Kier molecular flexibility index (Phi) is 8.34. The lowest BCUT2D eigenvalue weighted by atomic mass is 9.44. The van der Waals surface area contributed by atoms with Crippen molar-refractivity contribution in [1.82, 2.24) is 9.97 Å². The molecule has 14 rings (SSSR count). The van der Waals surface area contributed by atoms with Crippen LogP contribution in [0.15, 0.2) is 23.3 Å². The van der Waals surface area contributed by atoms with E-state index in [0.717, 1.165) is 66.0 Å². The van der Waals surface area contributed by atoms with Gasteiger partial charge in [-0.25, -0.2) is 0 Å². The van der Waals surface area contributed by atoms with Crippen molar-refractivity contribution in [3.8, 4) is 0 Å². The molecule has 6 heterocycles. The highest BCUT2D eigenvalue weighted by molar-refractivity contribution is 6.01. The van der Waals surface area contributed by atoms with Gasteiger partial charge in [-0.05, 0) is 125 Å². The third kappa shape index (κ3) is 4.60. The predicted molar refractivity (Wildman–Crippen MR) is 241 cm³/mol. The minimum absolute atomic E-state index is 0.0354. The third-order valence-electron chi connectivity index (χ3n) is 23.4. The molecule has 5 aliphatic heterocycles. The highest BCUT2D eigenvalue weighted by Gasteiger charge is 2.91. The molecule has 1 aromatic rings. The molecule has 0 radical (unpaired) electrons. The topological polar surface area (TPSA) is 214 Å². The largest absolute Gasteiger partial charge is 0.393 e. The van der Waals surface area contributed by atoms with Crippen LogP contribution >= 0.6 is 0 Å². The maximum atomic E-state index is 15.1. The summed E-state index contributed by atoms with van der Waals surface area (Å²) in [7, 11) is 0. The molecule has 5 saturated heterocycles. The van der Waals surface area contributed by atoms with E-state index in [9.17, 15) is 30.6 Å². The van der Waals surface area contributed by atoms with Crippen molar-refractivity contribution in [1.29, 1.82) is 0 Å². The lowest BCUT2D eigenvalue weighted by Crippen LogP contribution is -2.73. The minimum Gasteiger partial charge on any atom is -0.393 e. The van der Waals surface area contributed by atoms with Gasteiger partial charge in [0.05, 0.1) is 64.8 Å². The first-order valence-electron chi connectivity index (χ1n) is 26.2.